The van der Waals surface area contributed by atoms with E-state index in [0.717, 1.165) is 22.4 Å². The van der Waals surface area contributed by atoms with E-state index in [9.17, 15) is 4.79 Å². The van der Waals surface area contributed by atoms with Gasteiger partial charge >= 0.3 is 0 Å². The van der Waals surface area contributed by atoms with Gasteiger partial charge in [-0.1, -0.05) is 65.8 Å². The largest absolute Gasteiger partial charge is 0.493 e. The van der Waals surface area contributed by atoms with Gasteiger partial charge in [-0.05, 0) is 61.7 Å². The predicted molar refractivity (Wildman–Crippen MR) is 159 cm³/mol. The second-order valence-corrected chi connectivity index (χ2v) is 10.6. The first kappa shape index (κ1) is 27.6. The third-order valence-electron chi connectivity index (χ3n) is 6.59. The Balaban J connectivity index is 1.55. The maximum absolute atomic E-state index is 13.9. The number of nitrogens with one attached hydrogen (secondary N) is 2. The average Bonchev–Trinajstić information content (AvgIpc) is 3.35. The minimum atomic E-state index is -0.562. The quantitative estimate of drug-likeness (QED) is 0.210. The molecular weight excluding hydrogens is 546 g/mol. The van der Waals surface area contributed by atoms with E-state index in [1.54, 1.807) is 11.8 Å². The van der Waals surface area contributed by atoms with Gasteiger partial charge in [0, 0.05) is 22.2 Å². The third kappa shape index (κ3) is 5.66. The van der Waals surface area contributed by atoms with E-state index in [2.05, 4.69) is 10.6 Å². The monoisotopic (exact) mass is 575 g/mol. The summed E-state index contributed by atoms with van der Waals surface area (Å²) in [5.74, 6) is 2.13. The number of fused-ring (bicyclic) bond motifs is 1. The van der Waals surface area contributed by atoms with Crippen molar-refractivity contribution in [2.24, 2.45) is 0 Å². The minimum absolute atomic E-state index is 0.232. The number of thioether (sulfide) groups is 1. The number of rotatable bonds is 9. The minimum Gasteiger partial charge on any atom is -0.493 e. The van der Waals surface area contributed by atoms with Crippen molar-refractivity contribution < 1.29 is 14.3 Å². The number of para-hydroxylation sites is 1. The molecule has 0 fully saturated rings. The molecule has 4 aromatic rings. The second kappa shape index (κ2) is 12.1. The summed E-state index contributed by atoms with van der Waals surface area (Å²) >= 11 is 7.85. The first-order valence-corrected chi connectivity index (χ1v) is 14.2. The molecule has 2 heterocycles. The van der Waals surface area contributed by atoms with Gasteiger partial charge in [-0.25, -0.2) is 4.68 Å². The number of ether oxygens (including phenoxy) is 2. The van der Waals surface area contributed by atoms with Gasteiger partial charge in [0.05, 0.1) is 19.3 Å². The Morgan fingerprint density at radius 2 is 1.88 bits per heavy atom. The zero-order chi connectivity index (χ0) is 28.2. The smallest absolute Gasteiger partial charge is 0.255 e. The molecule has 5 rings (SSSR count). The summed E-state index contributed by atoms with van der Waals surface area (Å²) in [6.07, 6.45) is 0. The van der Waals surface area contributed by atoms with E-state index < -0.39 is 6.04 Å². The van der Waals surface area contributed by atoms with Gasteiger partial charge < -0.3 is 20.1 Å². The number of carbonyl (C=O) groups is 1. The number of benzene rings is 3. The number of methoxy groups -OCH3 is 1. The van der Waals surface area contributed by atoms with Crippen LogP contribution >= 0.6 is 23.4 Å². The molecule has 3 aromatic carbocycles. The highest BCUT2D eigenvalue weighted by Gasteiger charge is 2.35. The van der Waals surface area contributed by atoms with Crippen molar-refractivity contribution in [1.82, 2.24) is 14.8 Å². The van der Waals surface area contributed by atoms with Gasteiger partial charge in [0.2, 0.25) is 11.1 Å². The molecule has 0 radical (unpaired) electrons. The number of hydrogen-bond acceptors (Lipinski definition) is 7. The number of aryl methyl sites for hydroxylation is 1. The number of anilines is 2. The normalized spacial score (nSPS) is 14.4. The van der Waals surface area contributed by atoms with Crippen LogP contribution in [-0.2, 0) is 10.5 Å². The Bertz CT molecular complexity index is 1590. The van der Waals surface area contributed by atoms with Crippen molar-refractivity contribution in [1.29, 1.82) is 0 Å². The Morgan fingerprint density at radius 3 is 2.62 bits per heavy atom. The van der Waals surface area contributed by atoms with Crippen LogP contribution in [0.15, 0.2) is 83.2 Å². The van der Waals surface area contributed by atoms with E-state index >= 15 is 0 Å². The molecule has 1 atom stereocenters. The summed E-state index contributed by atoms with van der Waals surface area (Å²) in [6.45, 7) is 6.23. The van der Waals surface area contributed by atoms with Crippen molar-refractivity contribution in [3.63, 3.8) is 0 Å². The van der Waals surface area contributed by atoms with Gasteiger partial charge in [-0.2, -0.15) is 4.98 Å². The van der Waals surface area contributed by atoms with Crippen LogP contribution in [0.2, 0.25) is 5.02 Å². The molecule has 0 saturated heterocycles. The third-order valence-corrected chi connectivity index (χ3v) is 7.84. The number of halogens is 1. The van der Waals surface area contributed by atoms with Crippen LogP contribution in [0, 0.1) is 6.92 Å². The summed E-state index contributed by atoms with van der Waals surface area (Å²) in [7, 11) is 1.60. The number of nitrogens with zero attached hydrogens (tertiary/aromatic N) is 3. The zero-order valence-electron chi connectivity index (χ0n) is 22.7. The molecule has 1 unspecified atom stereocenters. The molecule has 0 bridgehead atoms. The fourth-order valence-corrected chi connectivity index (χ4v) is 5.70. The Hall–Kier alpha value is -3.95. The van der Waals surface area contributed by atoms with Gasteiger partial charge in [0.25, 0.3) is 5.91 Å². The standard InChI is InChI=1S/C30H30ClN5O3S/c1-5-39-25-16-20(14-15-24(25)38-4)27-26(28(37)33-23-13-9-6-10-18(23)2)19(3)32-29-34-30(35-36(27)29)40-17-21-11-7-8-12-22(21)31/h6-16,27H,5,17H2,1-4H3,(H,33,37)(H,32,34,35). The van der Waals surface area contributed by atoms with Crippen LogP contribution in [0.5, 0.6) is 11.5 Å². The van der Waals surface area contributed by atoms with E-state index in [0.29, 0.717) is 51.3 Å². The summed E-state index contributed by atoms with van der Waals surface area (Å²) in [6, 6.07) is 20.5. The van der Waals surface area contributed by atoms with Crippen molar-refractivity contribution in [2.75, 3.05) is 24.4 Å². The predicted octanol–water partition coefficient (Wildman–Crippen LogP) is 6.87. The summed E-state index contributed by atoms with van der Waals surface area (Å²) < 4.78 is 13.1. The molecule has 40 heavy (non-hydrogen) atoms. The van der Waals surface area contributed by atoms with E-state index in [4.69, 9.17) is 31.2 Å². The lowest BCUT2D eigenvalue weighted by atomic mass is 9.94. The van der Waals surface area contributed by atoms with Gasteiger partial charge in [-0.3, -0.25) is 4.79 Å². The van der Waals surface area contributed by atoms with Crippen LogP contribution in [-0.4, -0.2) is 34.4 Å². The lowest BCUT2D eigenvalue weighted by molar-refractivity contribution is -0.113. The highest BCUT2D eigenvalue weighted by atomic mass is 35.5. The van der Waals surface area contributed by atoms with Crippen LogP contribution < -0.4 is 20.1 Å². The molecule has 1 amide bonds. The maximum Gasteiger partial charge on any atom is 0.255 e. The Kier molecular flexibility index (Phi) is 8.32. The SMILES string of the molecule is CCOc1cc(C2C(C(=O)Nc3ccccc3C)=C(C)Nc3nc(SCc4ccccc4Cl)nn32)ccc1OC. The van der Waals surface area contributed by atoms with Crippen LogP contribution in [0.1, 0.15) is 36.6 Å². The first-order valence-electron chi connectivity index (χ1n) is 12.9. The lowest BCUT2D eigenvalue weighted by Crippen LogP contribution is -2.31. The van der Waals surface area contributed by atoms with E-state index in [1.807, 2.05) is 87.5 Å². The summed E-state index contributed by atoms with van der Waals surface area (Å²) in [5.41, 5.74) is 4.74. The van der Waals surface area contributed by atoms with Crippen molar-refractivity contribution in [2.45, 2.75) is 37.7 Å². The summed E-state index contributed by atoms with van der Waals surface area (Å²) in [5, 5.41) is 12.5. The van der Waals surface area contributed by atoms with Crippen LogP contribution in [0.3, 0.4) is 0 Å². The highest BCUT2D eigenvalue weighted by Crippen LogP contribution is 2.40. The molecule has 8 nitrogen and oxygen atoms in total. The number of allylic oxidation sites excluding steroid dienone is 1. The number of hydrogen-bond donors (Lipinski definition) is 2. The molecule has 2 N–H and O–H groups in total. The van der Waals surface area contributed by atoms with Crippen molar-refractivity contribution >= 4 is 40.9 Å². The topological polar surface area (TPSA) is 90.3 Å². The van der Waals surface area contributed by atoms with E-state index in [-0.39, 0.29) is 5.91 Å². The number of amides is 1. The fourth-order valence-electron chi connectivity index (χ4n) is 4.59. The van der Waals surface area contributed by atoms with Gasteiger partial charge in [-0.15, -0.1) is 5.10 Å². The molecule has 1 aromatic heterocycles. The van der Waals surface area contributed by atoms with Crippen molar-refractivity contribution in [3.8, 4) is 11.5 Å². The second-order valence-electron chi connectivity index (χ2n) is 9.22. The Morgan fingerprint density at radius 1 is 1.10 bits per heavy atom. The van der Waals surface area contributed by atoms with Crippen molar-refractivity contribution in [3.05, 3.63) is 99.7 Å². The first-order chi connectivity index (χ1) is 19.4. The van der Waals surface area contributed by atoms with E-state index in [1.165, 1.54) is 11.8 Å². The molecule has 10 heteroatoms. The maximum atomic E-state index is 13.9. The molecule has 1 aliphatic heterocycles. The van der Waals surface area contributed by atoms with Gasteiger partial charge in [0.15, 0.2) is 11.5 Å². The molecule has 1 aliphatic rings. The molecule has 0 aliphatic carbocycles. The molecule has 0 spiro atoms. The number of aromatic nitrogens is 3. The Labute approximate surface area is 242 Å². The fraction of sp³-hybridized carbons (Fsp3) is 0.233. The highest BCUT2D eigenvalue weighted by molar-refractivity contribution is 7.98. The average molecular weight is 576 g/mol. The lowest BCUT2D eigenvalue weighted by Gasteiger charge is -2.29. The number of carbonyl (C=O) groups excluding carboxylic acids is 1. The van der Waals surface area contributed by atoms with Crippen LogP contribution in [0.25, 0.3) is 0 Å². The summed E-state index contributed by atoms with van der Waals surface area (Å²) in [4.78, 5) is 18.6. The molecule has 0 saturated carbocycles. The molecular formula is C30H30ClN5O3S. The van der Waals surface area contributed by atoms with Crippen LogP contribution in [0.4, 0.5) is 11.6 Å². The van der Waals surface area contributed by atoms with Gasteiger partial charge in [0.1, 0.15) is 6.04 Å². The zero-order valence-corrected chi connectivity index (χ0v) is 24.3. The molecule has 206 valence electrons.